The van der Waals surface area contributed by atoms with Gasteiger partial charge in [0.25, 0.3) is 0 Å². The highest BCUT2D eigenvalue weighted by atomic mass is 35.5. The third kappa shape index (κ3) is 3.96. The smallest absolute Gasteiger partial charge is 0.162 e. The minimum absolute atomic E-state index is 0. The zero-order valence-electron chi connectivity index (χ0n) is 16.1. The summed E-state index contributed by atoms with van der Waals surface area (Å²) in [4.78, 5) is 2.41. The van der Waals surface area contributed by atoms with Crippen LogP contribution < -0.4 is 15.2 Å². The second kappa shape index (κ2) is 8.45. The molecule has 2 atom stereocenters. The molecule has 3 aromatic rings. The fourth-order valence-electron chi connectivity index (χ4n) is 4.22. The fraction of sp³-hybridized carbons (Fsp3) is 0.318. The summed E-state index contributed by atoms with van der Waals surface area (Å²) in [5, 5.41) is 7.45. The van der Waals surface area contributed by atoms with E-state index in [1.54, 1.807) is 0 Å². The number of rotatable bonds is 4. The average molecular weight is 413 g/mol. The van der Waals surface area contributed by atoms with Crippen LogP contribution in [-0.4, -0.2) is 47.4 Å². The standard InChI is InChI=1S/C22H24N4O2.ClH/c23-19-14-26(13-18(19)15-4-2-1-3-5-15)12-17-11-24-25-22(17)16-6-7-20-21(10-16)28-9-8-27-20;/h1-7,10-11,18-19H,8-9,12-14,23H2,(H,24,25);1H/t18-,19+;/m0./s1. The van der Waals surface area contributed by atoms with E-state index in [0.717, 1.165) is 48.0 Å². The van der Waals surface area contributed by atoms with Gasteiger partial charge in [-0.1, -0.05) is 30.3 Å². The Morgan fingerprint density at radius 1 is 1.03 bits per heavy atom. The molecule has 7 heteroatoms. The molecule has 0 amide bonds. The Hall–Kier alpha value is -2.54. The lowest BCUT2D eigenvalue weighted by Gasteiger charge is -2.19. The SMILES string of the molecule is Cl.N[C@@H]1CN(Cc2cn[nH]c2-c2ccc3c(c2)OCCO3)C[C@H]1c1ccccc1. The number of nitrogens with one attached hydrogen (secondary N) is 1. The zero-order chi connectivity index (χ0) is 18.9. The van der Waals surface area contributed by atoms with Crippen molar-refractivity contribution in [2.75, 3.05) is 26.3 Å². The summed E-state index contributed by atoms with van der Waals surface area (Å²) in [5.41, 5.74) is 11.0. The highest BCUT2D eigenvalue weighted by Gasteiger charge is 2.31. The third-order valence-corrected chi connectivity index (χ3v) is 5.61. The van der Waals surface area contributed by atoms with Gasteiger partial charge in [0.05, 0.1) is 11.9 Å². The van der Waals surface area contributed by atoms with Crippen LogP contribution in [0.15, 0.2) is 54.7 Å². The maximum atomic E-state index is 6.46. The molecule has 6 nitrogen and oxygen atoms in total. The average Bonchev–Trinajstić information content (AvgIpc) is 3.35. The van der Waals surface area contributed by atoms with Crippen LogP contribution in [0.25, 0.3) is 11.3 Å². The Kier molecular flexibility index (Phi) is 5.76. The van der Waals surface area contributed by atoms with Gasteiger partial charge >= 0.3 is 0 Å². The van der Waals surface area contributed by atoms with Crippen molar-refractivity contribution in [1.29, 1.82) is 0 Å². The number of halogens is 1. The summed E-state index contributed by atoms with van der Waals surface area (Å²) in [6, 6.07) is 16.7. The van der Waals surface area contributed by atoms with Gasteiger partial charge in [-0.25, -0.2) is 0 Å². The summed E-state index contributed by atoms with van der Waals surface area (Å²) >= 11 is 0. The normalized spacial score (nSPS) is 21.0. The molecule has 3 heterocycles. The highest BCUT2D eigenvalue weighted by Crippen LogP contribution is 2.35. The topological polar surface area (TPSA) is 76.4 Å². The van der Waals surface area contributed by atoms with Crippen LogP contribution in [0.2, 0.25) is 0 Å². The molecule has 5 rings (SSSR count). The number of ether oxygens (including phenoxy) is 2. The monoisotopic (exact) mass is 412 g/mol. The van der Waals surface area contributed by atoms with E-state index in [2.05, 4.69) is 39.4 Å². The van der Waals surface area contributed by atoms with Crippen LogP contribution in [0.1, 0.15) is 17.0 Å². The number of nitrogens with zero attached hydrogens (tertiary/aromatic N) is 2. The van der Waals surface area contributed by atoms with Crippen molar-refractivity contribution in [2.24, 2.45) is 5.73 Å². The summed E-state index contributed by atoms with van der Waals surface area (Å²) in [6.07, 6.45) is 1.91. The number of likely N-dealkylation sites (tertiary alicyclic amines) is 1. The molecule has 0 radical (unpaired) electrons. The van der Waals surface area contributed by atoms with Gasteiger partial charge < -0.3 is 15.2 Å². The van der Waals surface area contributed by atoms with E-state index in [1.165, 1.54) is 5.56 Å². The molecule has 2 aromatic carbocycles. The van der Waals surface area contributed by atoms with Crippen LogP contribution in [0.5, 0.6) is 11.5 Å². The molecule has 0 unspecified atom stereocenters. The molecule has 2 aliphatic heterocycles. The molecule has 1 saturated heterocycles. The molecule has 0 bridgehead atoms. The van der Waals surface area contributed by atoms with E-state index in [4.69, 9.17) is 15.2 Å². The number of nitrogens with two attached hydrogens (primary N) is 1. The molecule has 0 aliphatic carbocycles. The molecule has 1 aromatic heterocycles. The van der Waals surface area contributed by atoms with E-state index in [-0.39, 0.29) is 18.4 Å². The first-order valence-electron chi connectivity index (χ1n) is 9.73. The van der Waals surface area contributed by atoms with Crippen molar-refractivity contribution in [3.05, 3.63) is 65.9 Å². The maximum absolute atomic E-state index is 6.46. The second-order valence-electron chi connectivity index (χ2n) is 7.50. The highest BCUT2D eigenvalue weighted by molar-refractivity contribution is 5.85. The molecule has 0 spiro atoms. The van der Waals surface area contributed by atoms with Gasteiger partial charge in [-0.05, 0) is 23.8 Å². The lowest BCUT2D eigenvalue weighted by atomic mass is 9.95. The maximum Gasteiger partial charge on any atom is 0.162 e. The van der Waals surface area contributed by atoms with E-state index in [9.17, 15) is 0 Å². The van der Waals surface area contributed by atoms with Gasteiger partial charge in [0, 0.05) is 42.7 Å². The van der Waals surface area contributed by atoms with Gasteiger partial charge in [-0.15, -0.1) is 12.4 Å². The molecule has 2 aliphatic rings. The Morgan fingerprint density at radius 2 is 1.83 bits per heavy atom. The minimum Gasteiger partial charge on any atom is -0.486 e. The Labute approximate surface area is 176 Å². The van der Waals surface area contributed by atoms with Gasteiger partial charge in [0.2, 0.25) is 0 Å². The first-order chi connectivity index (χ1) is 13.8. The number of aromatic amines is 1. The van der Waals surface area contributed by atoms with Crippen LogP contribution in [-0.2, 0) is 6.54 Å². The van der Waals surface area contributed by atoms with Crippen LogP contribution in [0, 0.1) is 0 Å². The molecule has 152 valence electrons. The Bertz CT molecular complexity index is 962. The van der Waals surface area contributed by atoms with Crippen LogP contribution in [0.3, 0.4) is 0 Å². The van der Waals surface area contributed by atoms with Crippen LogP contribution >= 0.6 is 12.4 Å². The third-order valence-electron chi connectivity index (χ3n) is 5.61. The lowest BCUT2D eigenvalue weighted by molar-refractivity contribution is 0.171. The predicted octanol–water partition coefficient (Wildman–Crippen LogP) is 3.20. The second-order valence-corrected chi connectivity index (χ2v) is 7.50. The van der Waals surface area contributed by atoms with Crippen molar-refractivity contribution in [1.82, 2.24) is 15.1 Å². The van der Waals surface area contributed by atoms with Gasteiger partial charge in [-0.3, -0.25) is 10.00 Å². The largest absolute Gasteiger partial charge is 0.486 e. The molecular formula is C22H25ClN4O2. The zero-order valence-corrected chi connectivity index (χ0v) is 16.9. The number of aromatic nitrogens is 2. The van der Waals surface area contributed by atoms with E-state index in [1.807, 2.05) is 30.5 Å². The van der Waals surface area contributed by atoms with E-state index >= 15 is 0 Å². The Balaban J connectivity index is 0.00000205. The molecule has 3 N–H and O–H groups in total. The van der Waals surface area contributed by atoms with E-state index in [0.29, 0.717) is 19.1 Å². The lowest BCUT2D eigenvalue weighted by Crippen LogP contribution is -2.28. The van der Waals surface area contributed by atoms with Gasteiger partial charge in [-0.2, -0.15) is 5.10 Å². The van der Waals surface area contributed by atoms with Crippen molar-refractivity contribution >= 4 is 12.4 Å². The summed E-state index contributed by atoms with van der Waals surface area (Å²) in [5.74, 6) is 1.95. The number of fused-ring (bicyclic) bond motifs is 1. The number of H-pyrrole nitrogens is 1. The first-order valence-corrected chi connectivity index (χ1v) is 9.73. The summed E-state index contributed by atoms with van der Waals surface area (Å²) < 4.78 is 11.4. The summed E-state index contributed by atoms with van der Waals surface area (Å²) in [6.45, 7) is 3.83. The van der Waals surface area contributed by atoms with E-state index < -0.39 is 0 Å². The minimum atomic E-state index is 0. The summed E-state index contributed by atoms with van der Waals surface area (Å²) in [7, 11) is 0. The van der Waals surface area contributed by atoms with Crippen molar-refractivity contribution in [3.8, 4) is 22.8 Å². The van der Waals surface area contributed by atoms with Gasteiger partial charge in [0.15, 0.2) is 11.5 Å². The van der Waals surface area contributed by atoms with Crippen LogP contribution in [0.4, 0.5) is 0 Å². The first kappa shape index (κ1) is 19.8. The number of hydrogen-bond acceptors (Lipinski definition) is 5. The molecule has 29 heavy (non-hydrogen) atoms. The van der Waals surface area contributed by atoms with Gasteiger partial charge in [0.1, 0.15) is 13.2 Å². The fourth-order valence-corrected chi connectivity index (χ4v) is 4.22. The molecule has 1 fully saturated rings. The van der Waals surface area contributed by atoms with Crippen molar-refractivity contribution in [3.63, 3.8) is 0 Å². The van der Waals surface area contributed by atoms with Crippen molar-refractivity contribution in [2.45, 2.75) is 18.5 Å². The Morgan fingerprint density at radius 3 is 2.66 bits per heavy atom. The number of hydrogen-bond donors (Lipinski definition) is 2. The quantitative estimate of drug-likeness (QED) is 0.688. The predicted molar refractivity (Wildman–Crippen MR) is 115 cm³/mol. The van der Waals surface area contributed by atoms with Crippen molar-refractivity contribution < 1.29 is 9.47 Å². The number of benzene rings is 2. The molecule has 0 saturated carbocycles. The molecular weight excluding hydrogens is 388 g/mol.